The second-order valence-electron chi connectivity index (χ2n) is 8.13. The molecule has 0 fully saturated rings. The Bertz CT molecular complexity index is 1010. The number of hydrogen-bond donors (Lipinski definition) is 4. The molecule has 0 amide bonds. The second-order valence-corrected chi connectivity index (χ2v) is 8.13. The summed E-state index contributed by atoms with van der Waals surface area (Å²) in [5, 5.41) is 19.4. The Morgan fingerprint density at radius 3 is 1.22 bits per heavy atom. The monoisotopic (exact) mass is 426 g/mol. The zero-order chi connectivity index (χ0) is 21.8. The van der Waals surface area contributed by atoms with Crippen molar-refractivity contribution < 1.29 is 0 Å². The Kier molecular flexibility index (Phi) is 8.64. The van der Waals surface area contributed by atoms with Gasteiger partial charge in [-0.25, -0.2) is 0 Å². The minimum Gasteiger partial charge on any atom is -0.314 e. The Morgan fingerprint density at radius 1 is 0.375 bits per heavy atom. The van der Waals surface area contributed by atoms with Crippen LogP contribution in [0, 0.1) is 0 Å². The van der Waals surface area contributed by atoms with Crippen molar-refractivity contribution in [3.63, 3.8) is 0 Å². The molecule has 4 nitrogen and oxygen atoms in total. The minimum atomic E-state index is 0.906. The van der Waals surface area contributed by atoms with E-state index in [1.165, 1.54) is 32.7 Å². The van der Waals surface area contributed by atoms with Crippen LogP contribution in [0.15, 0.2) is 84.9 Å². The summed E-state index contributed by atoms with van der Waals surface area (Å²) < 4.78 is 0. The van der Waals surface area contributed by atoms with Gasteiger partial charge in [0.2, 0.25) is 0 Å². The van der Waals surface area contributed by atoms with E-state index < -0.39 is 0 Å². The third-order valence-electron chi connectivity index (χ3n) is 5.83. The zero-order valence-corrected chi connectivity index (χ0v) is 18.7. The highest BCUT2D eigenvalue weighted by molar-refractivity contribution is 5.86. The Labute approximate surface area is 191 Å². The molecule has 4 aromatic carbocycles. The van der Waals surface area contributed by atoms with Crippen LogP contribution in [0.5, 0.6) is 0 Å². The van der Waals surface area contributed by atoms with Gasteiger partial charge in [0.15, 0.2) is 0 Å². The smallest absolute Gasteiger partial charge is 0.0212 e. The van der Waals surface area contributed by atoms with Gasteiger partial charge in [0.05, 0.1) is 0 Å². The van der Waals surface area contributed by atoms with Crippen molar-refractivity contribution in [1.29, 1.82) is 0 Å². The zero-order valence-electron chi connectivity index (χ0n) is 18.7. The average molecular weight is 427 g/mol. The van der Waals surface area contributed by atoms with Gasteiger partial charge in [-0.3, -0.25) is 0 Å². The van der Waals surface area contributed by atoms with Crippen LogP contribution in [0.2, 0.25) is 0 Å². The van der Waals surface area contributed by atoms with Crippen LogP contribution in [0.3, 0.4) is 0 Å². The highest BCUT2D eigenvalue weighted by atomic mass is 15.0. The Hall–Kier alpha value is -2.76. The van der Waals surface area contributed by atoms with Crippen molar-refractivity contribution >= 4 is 21.5 Å². The second kappa shape index (κ2) is 12.3. The van der Waals surface area contributed by atoms with Crippen LogP contribution in [0.1, 0.15) is 11.1 Å². The molecule has 0 heterocycles. The molecule has 0 saturated heterocycles. The van der Waals surface area contributed by atoms with E-state index in [9.17, 15) is 0 Å². The molecule has 0 aromatic heterocycles. The van der Waals surface area contributed by atoms with E-state index in [1.54, 1.807) is 0 Å². The molecule has 0 radical (unpaired) electrons. The lowest BCUT2D eigenvalue weighted by Gasteiger charge is -2.10. The molecule has 4 rings (SSSR count). The molecule has 0 aliphatic rings. The number of nitrogens with one attached hydrogen (secondary N) is 4. The number of benzene rings is 4. The van der Waals surface area contributed by atoms with Gasteiger partial charge in [0.1, 0.15) is 0 Å². The van der Waals surface area contributed by atoms with Gasteiger partial charge in [-0.05, 0) is 32.7 Å². The Balaban J connectivity index is 1.02. The highest BCUT2D eigenvalue weighted by Gasteiger charge is 2.00. The van der Waals surface area contributed by atoms with Gasteiger partial charge in [-0.2, -0.15) is 0 Å². The van der Waals surface area contributed by atoms with E-state index in [1.807, 2.05) is 0 Å². The first-order chi connectivity index (χ1) is 15.9. The third-order valence-corrected chi connectivity index (χ3v) is 5.83. The van der Waals surface area contributed by atoms with Crippen molar-refractivity contribution in [2.24, 2.45) is 0 Å². The van der Waals surface area contributed by atoms with Crippen LogP contribution >= 0.6 is 0 Å². The van der Waals surface area contributed by atoms with E-state index in [0.717, 1.165) is 52.4 Å². The molecule has 4 heteroatoms. The van der Waals surface area contributed by atoms with Crippen molar-refractivity contribution in [3.05, 3.63) is 96.1 Å². The van der Waals surface area contributed by atoms with Gasteiger partial charge in [-0.15, -0.1) is 0 Å². The summed E-state index contributed by atoms with van der Waals surface area (Å²) in [6, 6.07) is 30.2. The predicted molar refractivity (Wildman–Crippen MR) is 137 cm³/mol. The van der Waals surface area contributed by atoms with E-state index in [0.29, 0.717) is 0 Å². The molecule has 0 saturated carbocycles. The van der Waals surface area contributed by atoms with Crippen LogP contribution in [-0.2, 0) is 13.1 Å². The fourth-order valence-corrected chi connectivity index (χ4v) is 4.12. The largest absolute Gasteiger partial charge is 0.314 e. The first-order valence-electron chi connectivity index (χ1n) is 11.7. The summed E-state index contributed by atoms with van der Waals surface area (Å²) in [6.45, 7) is 7.68. The van der Waals surface area contributed by atoms with E-state index in [4.69, 9.17) is 0 Å². The normalized spacial score (nSPS) is 11.4. The fraction of sp³-hybridized carbons (Fsp3) is 0.286. The Morgan fingerprint density at radius 2 is 0.750 bits per heavy atom. The summed E-state index contributed by atoms with van der Waals surface area (Å²) in [4.78, 5) is 0. The number of rotatable bonds is 13. The molecule has 0 unspecified atom stereocenters. The summed E-state index contributed by atoms with van der Waals surface area (Å²) in [5.41, 5.74) is 2.72. The maximum Gasteiger partial charge on any atom is 0.0212 e. The summed E-state index contributed by atoms with van der Waals surface area (Å²) >= 11 is 0. The molecule has 0 bridgehead atoms. The van der Waals surface area contributed by atoms with Crippen LogP contribution in [0.4, 0.5) is 0 Å². The average Bonchev–Trinajstić information content (AvgIpc) is 2.85. The molecule has 32 heavy (non-hydrogen) atoms. The van der Waals surface area contributed by atoms with Gasteiger partial charge in [0.25, 0.3) is 0 Å². The van der Waals surface area contributed by atoms with Gasteiger partial charge in [-0.1, -0.05) is 84.9 Å². The lowest BCUT2D eigenvalue weighted by atomic mass is 10.0. The molecular weight excluding hydrogens is 392 g/mol. The first-order valence-corrected chi connectivity index (χ1v) is 11.7. The summed E-state index contributed by atoms with van der Waals surface area (Å²) in [7, 11) is 0. The van der Waals surface area contributed by atoms with Crippen molar-refractivity contribution in [1.82, 2.24) is 21.3 Å². The van der Waals surface area contributed by atoms with Crippen LogP contribution < -0.4 is 21.3 Å². The lowest BCUT2D eigenvalue weighted by Crippen LogP contribution is -2.35. The van der Waals surface area contributed by atoms with Gasteiger partial charge in [0, 0.05) is 52.4 Å². The van der Waals surface area contributed by atoms with Gasteiger partial charge < -0.3 is 21.3 Å². The lowest BCUT2D eigenvalue weighted by molar-refractivity contribution is 0.566. The van der Waals surface area contributed by atoms with E-state index >= 15 is 0 Å². The van der Waals surface area contributed by atoms with E-state index in [2.05, 4.69) is 106 Å². The molecule has 4 aromatic rings. The maximum atomic E-state index is 3.55. The molecule has 0 aliphatic heterocycles. The van der Waals surface area contributed by atoms with Crippen molar-refractivity contribution in [2.75, 3.05) is 39.3 Å². The van der Waals surface area contributed by atoms with E-state index in [-0.39, 0.29) is 0 Å². The van der Waals surface area contributed by atoms with Crippen LogP contribution in [0.25, 0.3) is 21.5 Å². The fourth-order valence-electron chi connectivity index (χ4n) is 4.12. The SMILES string of the molecule is c1ccc2c(CNCCNCCNCCNCc3cccc4ccccc34)cccc2c1. The number of fused-ring (bicyclic) bond motifs is 2. The van der Waals surface area contributed by atoms with Crippen molar-refractivity contribution in [2.45, 2.75) is 13.1 Å². The minimum absolute atomic E-state index is 0.906. The summed E-state index contributed by atoms with van der Waals surface area (Å²) in [6.07, 6.45) is 0. The first kappa shape index (κ1) is 22.4. The standard InChI is InChI=1S/C28H34N4/c1-3-13-27-23(7-1)9-5-11-25(27)21-31-19-17-29-15-16-30-18-20-32-22-26-12-6-10-24-8-2-4-14-28(24)26/h1-14,29-32H,15-22H2. The molecular formula is C28H34N4. The van der Waals surface area contributed by atoms with Gasteiger partial charge >= 0.3 is 0 Å². The summed E-state index contributed by atoms with van der Waals surface area (Å²) in [5.74, 6) is 0. The molecule has 0 aliphatic carbocycles. The molecule has 4 N–H and O–H groups in total. The molecule has 0 spiro atoms. The van der Waals surface area contributed by atoms with Crippen LogP contribution in [-0.4, -0.2) is 39.3 Å². The topological polar surface area (TPSA) is 48.1 Å². The quantitative estimate of drug-likeness (QED) is 0.244. The molecule has 166 valence electrons. The van der Waals surface area contributed by atoms with Crippen molar-refractivity contribution in [3.8, 4) is 0 Å². The third kappa shape index (κ3) is 6.38. The number of hydrogen-bond acceptors (Lipinski definition) is 4. The predicted octanol–water partition coefficient (Wildman–Crippen LogP) is 4.05. The highest BCUT2D eigenvalue weighted by Crippen LogP contribution is 2.19. The maximum absolute atomic E-state index is 3.55. The molecule has 0 atom stereocenters.